The number of carbonyl (C=O) groups excluding carboxylic acids is 1. The quantitative estimate of drug-likeness (QED) is 0.749. The van der Waals surface area contributed by atoms with E-state index in [0.717, 1.165) is 16.7 Å². The molecule has 2 aromatic heterocycles. The minimum atomic E-state index is -0.262. The fourth-order valence-electron chi connectivity index (χ4n) is 2.91. The van der Waals surface area contributed by atoms with Gasteiger partial charge in [-0.25, -0.2) is 9.97 Å². The number of rotatable bonds is 2. The number of anilines is 1. The molecule has 1 aliphatic rings. The van der Waals surface area contributed by atoms with Crippen LogP contribution in [-0.4, -0.2) is 45.5 Å². The highest BCUT2D eigenvalue weighted by Crippen LogP contribution is 2.23. The third-order valence-corrected chi connectivity index (χ3v) is 4.14. The van der Waals surface area contributed by atoms with Crippen LogP contribution in [0.5, 0.6) is 0 Å². The van der Waals surface area contributed by atoms with E-state index in [9.17, 15) is 4.79 Å². The van der Waals surface area contributed by atoms with Gasteiger partial charge in [0.25, 0.3) is 5.91 Å². The van der Waals surface area contributed by atoms with Gasteiger partial charge in [-0.3, -0.25) is 4.79 Å². The predicted molar refractivity (Wildman–Crippen MR) is 89.3 cm³/mol. The number of imidazole rings is 1. The van der Waals surface area contributed by atoms with E-state index in [0.29, 0.717) is 31.1 Å². The number of aromatic nitrogens is 3. The summed E-state index contributed by atoms with van der Waals surface area (Å²) in [4.78, 5) is 26.1. The van der Waals surface area contributed by atoms with Crippen LogP contribution in [0.3, 0.4) is 0 Å². The van der Waals surface area contributed by atoms with Crippen molar-refractivity contribution in [2.45, 2.75) is 6.10 Å². The number of ether oxygens (including phenoxy) is 1. The van der Waals surface area contributed by atoms with E-state index in [-0.39, 0.29) is 12.0 Å². The van der Waals surface area contributed by atoms with E-state index in [1.807, 2.05) is 24.3 Å². The van der Waals surface area contributed by atoms with Gasteiger partial charge in [-0.05, 0) is 30.3 Å². The normalized spacial score (nSPS) is 18.0. The Morgan fingerprint density at radius 1 is 1.33 bits per heavy atom. The van der Waals surface area contributed by atoms with Crippen molar-refractivity contribution in [1.29, 1.82) is 0 Å². The van der Waals surface area contributed by atoms with Crippen molar-refractivity contribution >= 4 is 22.8 Å². The Morgan fingerprint density at radius 2 is 2.25 bits per heavy atom. The van der Waals surface area contributed by atoms with Crippen LogP contribution in [0.25, 0.3) is 11.0 Å². The number of benzene rings is 1. The Balaban J connectivity index is 1.55. The molecular formula is C17H17N5O2. The van der Waals surface area contributed by atoms with Crippen LogP contribution in [0.15, 0.2) is 42.7 Å². The van der Waals surface area contributed by atoms with Gasteiger partial charge in [-0.1, -0.05) is 6.07 Å². The summed E-state index contributed by atoms with van der Waals surface area (Å²) in [6.07, 6.45) is 1.36. The van der Waals surface area contributed by atoms with E-state index >= 15 is 0 Å². The van der Waals surface area contributed by atoms with Gasteiger partial charge in [-0.2, -0.15) is 0 Å². The Morgan fingerprint density at radius 3 is 3.12 bits per heavy atom. The Kier molecular flexibility index (Phi) is 3.62. The zero-order valence-corrected chi connectivity index (χ0v) is 13.0. The lowest BCUT2D eigenvalue weighted by molar-refractivity contribution is -0.0246. The van der Waals surface area contributed by atoms with E-state index in [4.69, 9.17) is 10.5 Å². The Hall–Kier alpha value is -2.93. The van der Waals surface area contributed by atoms with E-state index in [1.54, 1.807) is 23.4 Å². The van der Waals surface area contributed by atoms with Crippen LogP contribution in [0, 0.1) is 0 Å². The summed E-state index contributed by atoms with van der Waals surface area (Å²) in [5.74, 6) is 0.424. The summed E-state index contributed by atoms with van der Waals surface area (Å²) in [6.45, 7) is 1.48. The number of hydrogen-bond acceptors (Lipinski definition) is 5. The summed E-state index contributed by atoms with van der Waals surface area (Å²) in [5, 5.41) is 0. The minimum absolute atomic E-state index is 0.0243. The molecule has 0 radical (unpaired) electrons. The first kappa shape index (κ1) is 14.6. The zero-order chi connectivity index (χ0) is 16.5. The Bertz CT molecular complexity index is 891. The third-order valence-electron chi connectivity index (χ3n) is 4.14. The lowest BCUT2D eigenvalue weighted by atomic mass is 10.1. The van der Waals surface area contributed by atoms with E-state index in [2.05, 4.69) is 15.0 Å². The van der Waals surface area contributed by atoms with Crippen LogP contribution < -0.4 is 5.73 Å². The number of fused-ring (bicyclic) bond motifs is 1. The summed E-state index contributed by atoms with van der Waals surface area (Å²) < 4.78 is 5.77. The number of nitrogens with two attached hydrogens (primary N) is 1. The van der Waals surface area contributed by atoms with Crippen molar-refractivity contribution in [3.63, 3.8) is 0 Å². The number of nitrogen functional groups attached to an aromatic ring is 1. The number of carbonyl (C=O) groups is 1. The molecule has 0 spiro atoms. The number of H-pyrrole nitrogens is 1. The molecule has 3 N–H and O–H groups in total. The fraction of sp³-hybridized carbons (Fsp3) is 0.235. The number of morpholine rings is 1. The molecule has 1 aliphatic heterocycles. The largest absolute Gasteiger partial charge is 0.384 e. The summed E-state index contributed by atoms with van der Waals surface area (Å²) in [6, 6.07) is 10.9. The first-order valence-corrected chi connectivity index (χ1v) is 7.77. The highest BCUT2D eigenvalue weighted by molar-refractivity contribution is 5.97. The van der Waals surface area contributed by atoms with E-state index < -0.39 is 0 Å². The summed E-state index contributed by atoms with van der Waals surface area (Å²) in [7, 11) is 0. The standard InChI is InChI=1S/C17H17N5O2/c18-16-3-1-2-13(21-16)15-9-22(6-7-24-15)17(23)11-4-5-12-14(8-11)20-10-19-12/h1-5,8,10,15H,6-7,9H2,(H2,18,21)(H,19,20)/t15-/m0/s1. The van der Waals surface area contributed by atoms with E-state index in [1.165, 1.54) is 0 Å². The van der Waals surface area contributed by atoms with Crippen molar-refractivity contribution in [2.75, 3.05) is 25.4 Å². The monoisotopic (exact) mass is 323 g/mol. The fourth-order valence-corrected chi connectivity index (χ4v) is 2.91. The van der Waals surface area contributed by atoms with Gasteiger partial charge < -0.3 is 20.4 Å². The lowest BCUT2D eigenvalue weighted by Crippen LogP contribution is -2.42. The molecule has 0 unspecified atom stereocenters. The third kappa shape index (κ3) is 2.69. The molecule has 7 nitrogen and oxygen atoms in total. The summed E-state index contributed by atoms with van der Waals surface area (Å²) in [5.41, 5.74) is 8.81. The molecule has 1 aromatic carbocycles. The van der Waals surface area contributed by atoms with Gasteiger partial charge in [0, 0.05) is 12.1 Å². The van der Waals surface area contributed by atoms with Gasteiger partial charge in [0.2, 0.25) is 0 Å². The molecule has 7 heteroatoms. The molecule has 3 heterocycles. The maximum absolute atomic E-state index is 12.8. The van der Waals surface area contributed by atoms with Crippen LogP contribution >= 0.6 is 0 Å². The van der Waals surface area contributed by atoms with Crippen LogP contribution in [0.4, 0.5) is 5.82 Å². The number of pyridine rings is 1. The highest BCUT2D eigenvalue weighted by Gasteiger charge is 2.27. The molecule has 1 amide bonds. The highest BCUT2D eigenvalue weighted by atomic mass is 16.5. The summed E-state index contributed by atoms with van der Waals surface area (Å²) >= 11 is 0. The minimum Gasteiger partial charge on any atom is -0.384 e. The molecular weight excluding hydrogens is 306 g/mol. The van der Waals surface area contributed by atoms with Crippen LogP contribution in [0.1, 0.15) is 22.2 Å². The van der Waals surface area contributed by atoms with Crippen molar-refractivity contribution in [3.8, 4) is 0 Å². The molecule has 1 saturated heterocycles. The van der Waals surface area contributed by atoms with Gasteiger partial charge >= 0.3 is 0 Å². The van der Waals surface area contributed by atoms with Crippen molar-refractivity contribution in [3.05, 3.63) is 54.0 Å². The zero-order valence-electron chi connectivity index (χ0n) is 13.0. The molecule has 3 aromatic rings. The van der Waals surface area contributed by atoms with Gasteiger partial charge in [-0.15, -0.1) is 0 Å². The molecule has 0 bridgehead atoms. The number of amides is 1. The maximum Gasteiger partial charge on any atom is 0.254 e. The second-order valence-corrected chi connectivity index (χ2v) is 5.73. The molecule has 24 heavy (non-hydrogen) atoms. The van der Waals surface area contributed by atoms with Gasteiger partial charge in [0.05, 0.1) is 36.2 Å². The first-order chi connectivity index (χ1) is 11.7. The lowest BCUT2D eigenvalue weighted by Gasteiger charge is -2.32. The molecule has 0 saturated carbocycles. The predicted octanol–water partition coefficient (Wildman–Crippen LogP) is 1.75. The average molecular weight is 323 g/mol. The average Bonchev–Trinajstić information content (AvgIpc) is 3.09. The second-order valence-electron chi connectivity index (χ2n) is 5.73. The topological polar surface area (TPSA) is 97.1 Å². The maximum atomic E-state index is 12.8. The Labute approximate surface area is 138 Å². The van der Waals surface area contributed by atoms with Crippen molar-refractivity contribution < 1.29 is 9.53 Å². The molecule has 4 rings (SSSR count). The number of nitrogens with one attached hydrogen (secondary N) is 1. The van der Waals surface area contributed by atoms with Gasteiger partial charge in [0.15, 0.2) is 0 Å². The second kappa shape index (κ2) is 5.93. The molecule has 1 fully saturated rings. The SMILES string of the molecule is Nc1cccc([C@@H]2CN(C(=O)c3ccc4nc[nH]c4c3)CCO2)n1. The number of nitrogens with zero attached hydrogens (tertiary/aromatic N) is 3. The van der Waals surface area contributed by atoms with Crippen LogP contribution in [0.2, 0.25) is 0 Å². The first-order valence-electron chi connectivity index (χ1n) is 7.77. The molecule has 0 aliphatic carbocycles. The van der Waals surface area contributed by atoms with Gasteiger partial charge in [0.1, 0.15) is 11.9 Å². The number of aromatic amines is 1. The molecule has 122 valence electrons. The van der Waals surface area contributed by atoms with Crippen LogP contribution in [-0.2, 0) is 4.74 Å². The molecule has 1 atom stereocenters. The smallest absolute Gasteiger partial charge is 0.254 e. The van der Waals surface area contributed by atoms with Crippen molar-refractivity contribution in [1.82, 2.24) is 19.9 Å². The number of hydrogen-bond donors (Lipinski definition) is 2. The van der Waals surface area contributed by atoms with Crippen molar-refractivity contribution in [2.24, 2.45) is 0 Å².